The van der Waals surface area contributed by atoms with E-state index in [1.807, 2.05) is 25.1 Å². The number of aromatic nitrogens is 2. The van der Waals surface area contributed by atoms with Crippen LogP contribution >= 0.6 is 27.5 Å². The van der Waals surface area contributed by atoms with Crippen molar-refractivity contribution in [2.45, 2.75) is 12.3 Å². The number of fused-ring (bicyclic) bond motifs is 1. The predicted molar refractivity (Wildman–Crippen MR) is 83.0 cm³/mol. The molecule has 0 amide bonds. The first-order valence-corrected chi connectivity index (χ1v) is 7.38. The Morgan fingerprint density at radius 1 is 1.25 bits per heavy atom. The zero-order chi connectivity index (χ0) is 14.3. The number of hydrogen-bond donors (Lipinski definition) is 0. The Balaban J connectivity index is 2.38. The fourth-order valence-corrected chi connectivity index (χ4v) is 2.72. The van der Waals surface area contributed by atoms with Crippen LogP contribution in [0.2, 0.25) is 0 Å². The van der Waals surface area contributed by atoms with E-state index in [0.717, 1.165) is 15.5 Å². The van der Waals surface area contributed by atoms with Crippen molar-refractivity contribution in [1.29, 1.82) is 0 Å². The lowest BCUT2D eigenvalue weighted by Crippen LogP contribution is -2.03. The zero-order valence-corrected chi connectivity index (χ0v) is 13.0. The topological polar surface area (TPSA) is 17.8 Å². The van der Waals surface area contributed by atoms with Crippen molar-refractivity contribution in [2.24, 2.45) is 0 Å². The summed E-state index contributed by atoms with van der Waals surface area (Å²) in [6.07, 6.45) is 0. The molecule has 0 bridgehead atoms. The van der Waals surface area contributed by atoms with Gasteiger partial charge in [0.15, 0.2) is 0 Å². The molecule has 0 saturated carbocycles. The third kappa shape index (κ3) is 2.23. The summed E-state index contributed by atoms with van der Waals surface area (Å²) in [5, 5.41) is -0.319. The SMILES string of the molecule is CC(Cl)c1nc2cc(Br)ccc2n1-c1ccccc1F. The molecule has 3 aromatic rings. The molecule has 1 unspecified atom stereocenters. The van der Waals surface area contributed by atoms with Crippen LogP contribution in [0.4, 0.5) is 4.39 Å². The van der Waals surface area contributed by atoms with Crippen molar-refractivity contribution >= 4 is 38.6 Å². The molecule has 0 aliphatic carbocycles. The molecule has 0 spiro atoms. The van der Waals surface area contributed by atoms with E-state index >= 15 is 0 Å². The highest BCUT2D eigenvalue weighted by atomic mass is 79.9. The first-order chi connectivity index (χ1) is 9.58. The lowest BCUT2D eigenvalue weighted by molar-refractivity contribution is 0.616. The Bertz CT molecular complexity index is 783. The molecule has 0 radical (unpaired) electrons. The van der Waals surface area contributed by atoms with Gasteiger partial charge < -0.3 is 0 Å². The molecule has 1 aromatic heterocycles. The molecule has 0 aliphatic heterocycles. The summed E-state index contributed by atoms with van der Waals surface area (Å²) in [4.78, 5) is 4.52. The van der Waals surface area contributed by atoms with Gasteiger partial charge in [0.05, 0.1) is 22.1 Å². The molecule has 2 nitrogen and oxygen atoms in total. The van der Waals surface area contributed by atoms with Gasteiger partial charge in [-0.25, -0.2) is 9.37 Å². The molecule has 3 rings (SSSR count). The first-order valence-electron chi connectivity index (χ1n) is 6.15. The molecule has 2 aromatic carbocycles. The van der Waals surface area contributed by atoms with Crippen molar-refractivity contribution in [2.75, 3.05) is 0 Å². The van der Waals surface area contributed by atoms with E-state index in [0.29, 0.717) is 11.5 Å². The minimum atomic E-state index is -0.319. The van der Waals surface area contributed by atoms with E-state index in [1.165, 1.54) is 6.07 Å². The van der Waals surface area contributed by atoms with Crippen LogP contribution in [0.15, 0.2) is 46.9 Å². The van der Waals surface area contributed by atoms with Crippen molar-refractivity contribution < 1.29 is 4.39 Å². The van der Waals surface area contributed by atoms with Crippen LogP contribution < -0.4 is 0 Å². The number of nitrogens with zero attached hydrogens (tertiary/aromatic N) is 2. The molecule has 5 heteroatoms. The molecule has 1 heterocycles. The molecular formula is C15H11BrClFN2. The molecule has 102 valence electrons. The maximum atomic E-state index is 14.1. The van der Waals surface area contributed by atoms with Crippen molar-refractivity contribution in [3.8, 4) is 5.69 Å². The van der Waals surface area contributed by atoms with Gasteiger partial charge in [-0.1, -0.05) is 28.1 Å². The van der Waals surface area contributed by atoms with Crippen molar-refractivity contribution in [3.05, 3.63) is 58.6 Å². The monoisotopic (exact) mass is 352 g/mol. The Morgan fingerprint density at radius 3 is 2.70 bits per heavy atom. The predicted octanol–water partition coefficient (Wildman–Crippen LogP) is 5.23. The third-order valence-electron chi connectivity index (χ3n) is 3.09. The number of rotatable bonds is 2. The number of imidazole rings is 1. The van der Waals surface area contributed by atoms with Gasteiger partial charge in [0, 0.05) is 4.47 Å². The van der Waals surface area contributed by atoms with Crippen LogP contribution in [0.1, 0.15) is 18.1 Å². The van der Waals surface area contributed by atoms with E-state index in [9.17, 15) is 4.39 Å². The minimum Gasteiger partial charge on any atom is -0.292 e. The maximum absolute atomic E-state index is 14.1. The van der Waals surface area contributed by atoms with E-state index < -0.39 is 0 Å². The maximum Gasteiger partial charge on any atom is 0.147 e. The van der Waals surface area contributed by atoms with Gasteiger partial charge >= 0.3 is 0 Å². The van der Waals surface area contributed by atoms with Crippen LogP contribution in [-0.4, -0.2) is 9.55 Å². The summed E-state index contributed by atoms with van der Waals surface area (Å²) in [6, 6.07) is 12.3. The highest BCUT2D eigenvalue weighted by Crippen LogP contribution is 2.30. The number of alkyl halides is 1. The number of hydrogen-bond acceptors (Lipinski definition) is 1. The van der Waals surface area contributed by atoms with E-state index in [2.05, 4.69) is 20.9 Å². The summed E-state index contributed by atoms with van der Waals surface area (Å²) in [5.41, 5.74) is 2.07. The smallest absolute Gasteiger partial charge is 0.147 e. The Morgan fingerprint density at radius 2 is 2.00 bits per heavy atom. The standard InChI is InChI=1S/C15H11BrClFN2/c1-9(17)15-19-12-8-10(16)6-7-14(12)20(15)13-5-3-2-4-11(13)18/h2-9H,1H3. The summed E-state index contributed by atoms with van der Waals surface area (Å²) in [7, 11) is 0. The molecule has 0 saturated heterocycles. The molecule has 0 fully saturated rings. The average molecular weight is 354 g/mol. The molecular weight excluding hydrogens is 343 g/mol. The van der Waals surface area contributed by atoms with Gasteiger partial charge in [-0.15, -0.1) is 11.6 Å². The van der Waals surface area contributed by atoms with Crippen LogP contribution in [0.5, 0.6) is 0 Å². The quantitative estimate of drug-likeness (QED) is 0.577. The van der Waals surface area contributed by atoms with Crippen LogP contribution in [0, 0.1) is 5.82 Å². The van der Waals surface area contributed by atoms with E-state index in [1.54, 1.807) is 22.8 Å². The van der Waals surface area contributed by atoms with Gasteiger partial charge in [-0.05, 0) is 37.3 Å². The normalized spacial score (nSPS) is 12.8. The number of para-hydroxylation sites is 1. The largest absolute Gasteiger partial charge is 0.292 e. The van der Waals surface area contributed by atoms with E-state index in [-0.39, 0.29) is 11.2 Å². The van der Waals surface area contributed by atoms with Gasteiger partial charge in [0.1, 0.15) is 11.6 Å². The fourth-order valence-electron chi connectivity index (χ4n) is 2.23. The van der Waals surface area contributed by atoms with Crippen LogP contribution in [-0.2, 0) is 0 Å². The molecule has 0 aliphatic rings. The number of benzene rings is 2. The van der Waals surface area contributed by atoms with Crippen LogP contribution in [0.3, 0.4) is 0 Å². The first kappa shape index (κ1) is 13.6. The molecule has 0 N–H and O–H groups in total. The Hall–Kier alpha value is -1.39. The Labute approximate surface area is 129 Å². The fraction of sp³-hybridized carbons (Fsp3) is 0.133. The van der Waals surface area contributed by atoms with Gasteiger partial charge in [-0.3, -0.25) is 4.57 Å². The summed E-state index contributed by atoms with van der Waals surface area (Å²) in [6.45, 7) is 1.83. The van der Waals surface area contributed by atoms with Gasteiger partial charge in [0.25, 0.3) is 0 Å². The average Bonchev–Trinajstić information content (AvgIpc) is 2.78. The van der Waals surface area contributed by atoms with Gasteiger partial charge in [-0.2, -0.15) is 0 Å². The second kappa shape index (κ2) is 5.19. The highest BCUT2D eigenvalue weighted by molar-refractivity contribution is 9.10. The van der Waals surface area contributed by atoms with Gasteiger partial charge in [0.2, 0.25) is 0 Å². The zero-order valence-electron chi connectivity index (χ0n) is 10.6. The Kier molecular flexibility index (Phi) is 3.52. The molecule has 1 atom stereocenters. The van der Waals surface area contributed by atoms with Crippen molar-refractivity contribution in [1.82, 2.24) is 9.55 Å². The molecule has 20 heavy (non-hydrogen) atoms. The second-order valence-electron chi connectivity index (χ2n) is 4.51. The van der Waals surface area contributed by atoms with Crippen molar-refractivity contribution in [3.63, 3.8) is 0 Å². The minimum absolute atomic E-state index is 0.298. The second-order valence-corrected chi connectivity index (χ2v) is 6.08. The lowest BCUT2D eigenvalue weighted by Gasteiger charge is -2.11. The number of halogens is 3. The van der Waals surface area contributed by atoms with E-state index in [4.69, 9.17) is 11.6 Å². The summed E-state index contributed by atoms with van der Waals surface area (Å²) >= 11 is 9.62. The third-order valence-corrected chi connectivity index (χ3v) is 3.78. The summed E-state index contributed by atoms with van der Waals surface area (Å²) in [5.74, 6) is 0.332. The summed E-state index contributed by atoms with van der Waals surface area (Å²) < 4.78 is 16.8. The van der Waals surface area contributed by atoms with Crippen LogP contribution in [0.25, 0.3) is 16.7 Å². The lowest BCUT2D eigenvalue weighted by atomic mass is 10.2. The highest BCUT2D eigenvalue weighted by Gasteiger charge is 2.18.